The first-order valence-electron chi connectivity index (χ1n) is 6.34. The van der Waals surface area contributed by atoms with Crippen LogP contribution >= 0.6 is 0 Å². The second-order valence-corrected chi connectivity index (χ2v) is 4.95. The zero-order valence-electron chi connectivity index (χ0n) is 9.43. The van der Waals surface area contributed by atoms with Gasteiger partial charge in [0.05, 0.1) is 0 Å². The van der Waals surface area contributed by atoms with E-state index in [1.807, 2.05) is 0 Å². The zero-order valence-corrected chi connectivity index (χ0v) is 9.43. The fourth-order valence-electron chi connectivity index (χ4n) is 2.67. The average molecular weight is 210 g/mol. The molecule has 86 valence electrons. The van der Waals surface area contributed by atoms with Gasteiger partial charge in [-0.3, -0.25) is 4.79 Å². The number of amides is 1. The fraction of sp³-hybridized carbons (Fsp3) is 0.917. The largest absolute Gasteiger partial charge is 0.353 e. The summed E-state index contributed by atoms with van der Waals surface area (Å²) in [4.78, 5) is 11.6. The SMILES string of the molecule is O=C(CCC1CCNC1)NC1CCCC1. The maximum atomic E-state index is 11.6. The molecule has 2 aliphatic rings. The van der Waals surface area contributed by atoms with Crippen LogP contribution in [0.1, 0.15) is 44.9 Å². The molecular formula is C12H22N2O. The topological polar surface area (TPSA) is 41.1 Å². The summed E-state index contributed by atoms with van der Waals surface area (Å²) in [6, 6.07) is 0.485. The van der Waals surface area contributed by atoms with Gasteiger partial charge >= 0.3 is 0 Å². The van der Waals surface area contributed by atoms with E-state index in [4.69, 9.17) is 0 Å². The van der Waals surface area contributed by atoms with Gasteiger partial charge in [0, 0.05) is 12.5 Å². The number of nitrogens with one attached hydrogen (secondary N) is 2. The van der Waals surface area contributed by atoms with Gasteiger partial charge in [0.15, 0.2) is 0 Å². The first-order valence-corrected chi connectivity index (χ1v) is 6.34. The normalized spacial score (nSPS) is 27.1. The van der Waals surface area contributed by atoms with E-state index in [0.29, 0.717) is 6.04 Å². The Morgan fingerprint density at radius 2 is 2.07 bits per heavy atom. The van der Waals surface area contributed by atoms with E-state index < -0.39 is 0 Å². The van der Waals surface area contributed by atoms with Crippen LogP contribution in [0, 0.1) is 5.92 Å². The summed E-state index contributed by atoms with van der Waals surface area (Å²) in [5, 5.41) is 6.48. The third-order valence-corrected chi connectivity index (χ3v) is 3.66. The Bertz CT molecular complexity index is 206. The number of carbonyl (C=O) groups is 1. The molecule has 1 aliphatic carbocycles. The number of carbonyl (C=O) groups excluding carboxylic acids is 1. The molecule has 0 bridgehead atoms. The van der Waals surface area contributed by atoms with Crippen LogP contribution in [0.5, 0.6) is 0 Å². The Morgan fingerprint density at radius 1 is 1.27 bits per heavy atom. The molecule has 1 aliphatic heterocycles. The molecule has 1 saturated carbocycles. The lowest BCUT2D eigenvalue weighted by Gasteiger charge is -2.13. The smallest absolute Gasteiger partial charge is 0.220 e. The second kappa shape index (κ2) is 5.50. The molecule has 1 saturated heterocycles. The Kier molecular flexibility index (Phi) is 4.01. The van der Waals surface area contributed by atoms with Crippen LogP contribution in [0.3, 0.4) is 0 Å². The highest BCUT2D eigenvalue weighted by atomic mass is 16.1. The van der Waals surface area contributed by atoms with Gasteiger partial charge in [-0.1, -0.05) is 12.8 Å². The summed E-state index contributed by atoms with van der Waals surface area (Å²) in [6.45, 7) is 2.24. The first kappa shape index (κ1) is 10.9. The Hall–Kier alpha value is -0.570. The molecule has 15 heavy (non-hydrogen) atoms. The van der Waals surface area contributed by atoms with Crippen LogP contribution in [-0.2, 0) is 4.79 Å². The highest BCUT2D eigenvalue weighted by molar-refractivity contribution is 5.76. The van der Waals surface area contributed by atoms with Gasteiger partial charge in [-0.2, -0.15) is 0 Å². The van der Waals surface area contributed by atoms with Crippen molar-refractivity contribution in [2.75, 3.05) is 13.1 Å². The molecule has 0 aromatic rings. The van der Waals surface area contributed by atoms with E-state index in [2.05, 4.69) is 10.6 Å². The van der Waals surface area contributed by atoms with E-state index >= 15 is 0 Å². The van der Waals surface area contributed by atoms with Crippen molar-refractivity contribution in [2.24, 2.45) is 5.92 Å². The second-order valence-electron chi connectivity index (χ2n) is 4.95. The molecule has 2 fully saturated rings. The van der Waals surface area contributed by atoms with E-state index in [1.54, 1.807) is 0 Å². The summed E-state index contributed by atoms with van der Waals surface area (Å²) < 4.78 is 0. The van der Waals surface area contributed by atoms with E-state index in [9.17, 15) is 4.79 Å². The van der Waals surface area contributed by atoms with Crippen molar-refractivity contribution >= 4 is 5.91 Å². The highest BCUT2D eigenvalue weighted by Crippen LogP contribution is 2.18. The van der Waals surface area contributed by atoms with Gasteiger partial charge in [0.1, 0.15) is 0 Å². The maximum Gasteiger partial charge on any atom is 0.220 e. The number of rotatable bonds is 4. The molecule has 2 rings (SSSR count). The maximum absolute atomic E-state index is 11.6. The Balaban J connectivity index is 1.59. The summed E-state index contributed by atoms with van der Waals surface area (Å²) in [6.07, 6.45) is 7.99. The van der Waals surface area contributed by atoms with E-state index in [1.165, 1.54) is 32.1 Å². The van der Waals surface area contributed by atoms with Crippen molar-refractivity contribution in [1.29, 1.82) is 0 Å². The minimum absolute atomic E-state index is 0.272. The molecule has 1 amide bonds. The molecule has 1 atom stereocenters. The average Bonchev–Trinajstić information content (AvgIpc) is 2.86. The molecule has 1 heterocycles. The number of hydrogen-bond acceptors (Lipinski definition) is 2. The molecule has 1 unspecified atom stereocenters. The predicted molar refractivity (Wildman–Crippen MR) is 60.6 cm³/mol. The van der Waals surface area contributed by atoms with E-state index in [0.717, 1.165) is 31.8 Å². The lowest BCUT2D eigenvalue weighted by molar-refractivity contribution is -0.122. The zero-order chi connectivity index (χ0) is 10.5. The Morgan fingerprint density at radius 3 is 2.73 bits per heavy atom. The lowest BCUT2D eigenvalue weighted by atomic mass is 10.0. The van der Waals surface area contributed by atoms with Gasteiger partial charge < -0.3 is 10.6 Å². The van der Waals surface area contributed by atoms with Crippen LogP contribution in [0.15, 0.2) is 0 Å². The molecule has 0 radical (unpaired) electrons. The van der Waals surface area contributed by atoms with Crippen LogP contribution in [0.25, 0.3) is 0 Å². The van der Waals surface area contributed by atoms with Gasteiger partial charge in [-0.05, 0) is 44.7 Å². The van der Waals surface area contributed by atoms with Crippen molar-refractivity contribution in [2.45, 2.75) is 51.0 Å². The first-order chi connectivity index (χ1) is 7.34. The standard InChI is InChI=1S/C12H22N2O/c15-12(14-11-3-1-2-4-11)6-5-10-7-8-13-9-10/h10-11,13H,1-9H2,(H,14,15). The quantitative estimate of drug-likeness (QED) is 0.737. The van der Waals surface area contributed by atoms with Gasteiger partial charge in [-0.25, -0.2) is 0 Å². The van der Waals surface area contributed by atoms with Crippen molar-refractivity contribution in [3.8, 4) is 0 Å². The summed E-state index contributed by atoms with van der Waals surface area (Å²) in [5.74, 6) is 1.01. The number of hydrogen-bond donors (Lipinski definition) is 2. The third-order valence-electron chi connectivity index (χ3n) is 3.66. The summed E-state index contributed by atoms with van der Waals surface area (Å²) >= 11 is 0. The van der Waals surface area contributed by atoms with Gasteiger partial charge in [0.2, 0.25) is 5.91 Å². The van der Waals surface area contributed by atoms with E-state index in [-0.39, 0.29) is 5.91 Å². The predicted octanol–water partition coefficient (Wildman–Crippen LogP) is 1.43. The minimum atomic E-state index is 0.272. The molecule has 3 heteroatoms. The summed E-state index contributed by atoms with van der Waals surface area (Å²) in [5.41, 5.74) is 0. The monoisotopic (exact) mass is 210 g/mol. The molecule has 0 aromatic heterocycles. The molecule has 2 N–H and O–H groups in total. The molecule has 0 aromatic carbocycles. The van der Waals surface area contributed by atoms with Crippen LogP contribution in [0.4, 0.5) is 0 Å². The molecule has 0 spiro atoms. The van der Waals surface area contributed by atoms with Crippen molar-refractivity contribution in [3.05, 3.63) is 0 Å². The third kappa shape index (κ3) is 3.49. The van der Waals surface area contributed by atoms with Crippen LogP contribution in [-0.4, -0.2) is 25.0 Å². The van der Waals surface area contributed by atoms with Crippen LogP contribution < -0.4 is 10.6 Å². The highest BCUT2D eigenvalue weighted by Gasteiger charge is 2.19. The van der Waals surface area contributed by atoms with Crippen LogP contribution in [0.2, 0.25) is 0 Å². The molecular weight excluding hydrogens is 188 g/mol. The fourth-order valence-corrected chi connectivity index (χ4v) is 2.67. The van der Waals surface area contributed by atoms with Crippen molar-refractivity contribution < 1.29 is 4.79 Å². The minimum Gasteiger partial charge on any atom is -0.353 e. The van der Waals surface area contributed by atoms with Crippen molar-refractivity contribution in [1.82, 2.24) is 10.6 Å². The van der Waals surface area contributed by atoms with Gasteiger partial charge in [0.25, 0.3) is 0 Å². The molecule has 3 nitrogen and oxygen atoms in total. The Labute approximate surface area is 92.0 Å². The van der Waals surface area contributed by atoms with Gasteiger partial charge in [-0.15, -0.1) is 0 Å². The van der Waals surface area contributed by atoms with Crippen molar-refractivity contribution in [3.63, 3.8) is 0 Å². The lowest BCUT2D eigenvalue weighted by Crippen LogP contribution is -2.32. The summed E-state index contributed by atoms with van der Waals surface area (Å²) in [7, 11) is 0.